The van der Waals surface area contributed by atoms with E-state index in [0.717, 1.165) is 12.8 Å². The normalized spacial score (nSPS) is 25.8. The minimum Gasteiger partial charge on any atom is -0.468 e. The standard InChI is InChI=1S/C12H21NO5S/c1-11(2)5-4-6-13(11)19(15,16)9-12(7-18-8-12)10(14)17-3/h4-9H2,1-3H3. The Labute approximate surface area is 114 Å². The van der Waals surface area contributed by atoms with Crippen LogP contribution < -0.4 is 0 Å². The van der Waals surface area contributed by atoms with Crippen molar-refractivity contribution in [2.24, 2.45) is 5.41 Å². The van der Waals surface area contributed by atoms with E-state index >= 15 is 0 Å². The molecule has 110 valence electrons. The lowest BCUT2D eigenvalue weighted by atomic mass is 9.89. The summed E-state index contributed by atoms with van der Waals surface area (Å²) in [5.74, 6) is -0.727. The van der Waals surface area contributed by atoms with Crippen LogP contribution in [-0.2, 0) is 24.3 Å². The van der Waals surface area contributed by atoms with E-state index in [9.17, 15) is 13.2 Å². The largest absolute Gasteiger partial charge is 0.468 e. The van der Waals surface area contributed by atoms with Gasteiger partial charge in [0.25, 0.3) is 0 Å². The molecule has 0 aromatic rings. The third kappa shape index (κ3) is 2.51. The Balaban J connectivity index is 2.19. The Hall–Kier alpha value is -0.660. The van der Waals surface area contributed by atoms with Gasteiger partial charge < -0.3 is 9.47 Å². The molecule has 6 nitrogen and oxygen atoms in total. The number of carbonyl (C=O) groups excluding carboxylic acids is 1. The van der Waals surface area contributed by atoms with Crippen LogP contribution in [0.15, 0.2) is 0 Å². The number of esters is 1. The van der Waals surface area contributed by atoms with Gasteiger partial charge in [-0.2, -0.15) is 4.31 Å². The van der Waals surface area contributed by atoms with Crippen molar-refractivity contribution in [2.75, 3.05) is 32.6 Å². The summed E-state index contributed by atoms with van der Waals surface area (Å²) in [7, 11) is -2.22. The van der Waals surface area contributed by atoms with Crippen LogP contribution in [-0.4, -0.2) is 56.9 Å². The molecule has 0 amide bonds. The maximum atomic E-state index is 12.5. The lowest BCUT2D eigenvalue weighted by molar-refractivity contribution is -0.178. The third-order valence-electron chi connectivity index (χ3n) is 3.99. The van der Waals surface area contributed by atoms with E-state index < -0.39 is 21.4 Å². The van der Waals surface area contributed by atoms with Crippen LogP contribution in [0.4, 0.5) is 0 Å². The Bertz CT molecular complexity index is 467. The molecule has 0 radical (unpaired) electrons. The number of ether oxygens (including phenoxy) is 2. The Morgan fingerprint density at radius 3 is 2.37 bits per heavy atom. The van der Waals surface area contributed by atoms with Crippen LogP contribution in [0, 0.1) is 5.41 Å². The Morgan fingerprint density at radius 2 is 2.00 bits per heavy atom. The van der Waals surface area contributed by atoms with Crippen LogP contribution in [0.5, 0.6) is 0 Å². The molecule has 2 aliphatic heterocycles. The lowest BCUT2D eigenvalue weighted by Gasteiger charge is -2.40. The number of sulfonamides is 1. The van der Waals surface area contributed by atoms with Gasteiger partial charge in [0.1, 0.15) is 5.41 Å². The monoisotopic (exact) mass is 291 g/mol. The maximum Gasteiger partial charge on any atom is 0.317 e. The summed E-state index contributed by atoms with van der Waals surface area (Å²) in [5, 5.41) is 0. The highest BCUT2D eigenvalue weighted by Gasteiger charge is 2.53. The molecule has 0 unspecified atom stereocenters. The fourth-order valence-electron chi connectivity index (χ4n) is 2.85. The van der Waals surface area contributed by atoms with Crippen LogP contribution in [0.3, 0.4) is 0 Å². The van der Waals surface area contributed by atoms with E-state index in [1.807, 2.05) is 13.8 Å². The van der Waals surface area contributed by atoms with Gasteiger partial charge in [0.05, 0.1) is 26.1 Å². The first kappa shape index (κ1) is 14.7. The molecule has 2 fully saturated rings. The molecule has 0 bridgehead atoms. The van der Waals surface area contributed by atoms with Gasteiger partial charge in [-0.15, -0.1) is 0 Å². The van der Waals surface area contributed by atoms with Gasteiger partial charge in [-0.1, -0.05) is 0 Å². The van der Waals surface area contributed by atoms with Gasteiger partial charge in [0, 0.05) is 12.1 Å². The van der Waals surface area contributed by atoms with E-state index in [0.29, 0.717) is 6.54 Å². The third-order valence-corrected chi connectivity index (χ3v) is 6.26. The molecule has 2 heterocycles. The SMILES string of the molecule is COC(=O)C1(CS(=O)(=O)N2CCCC2(C)C)COC1. The number of hydrogen-bond acceptors (Lipinski definition) is 5. The van der Waals surface area contributed by atoms with Crippen molar-refractivity contribution in [3.05, 3.63) is 0 Å². The maximum absolute atomic E-state index is 12.5. The average Bonchev–Trinajstić information content (AvgIpc) is 2.63. The summed E-state index contributed by atoms with van der Waals surface area (Å²) >= 11 is 0. The van der Waals surface area contributed by atoms with Gasteiger partial charge >= 0.3 is 5.97 Å². The summed E-state index contributed by atoms with van der Waals surface area (Å²) in [6.45, 7) is 4.59. The fraction of sp³-hybridized carbons (Fsp3) is 0.917. The molecule has 0 aliphatic carbocycles. The molecule has 19 heavy (non-hydrogen) atoms. The molecule has 2 aliphatic rings. The second-order valence-corrected chi connectivity index (χ2v) is 7.90. The lowest BCUT2D eigenvalue weighted by Crippen LogP contribution is -2.57. The van der Waals surface area contributed by atoms with Gasteiger partial charge in [0.15, 0.2) is 0 Å². The van der Waals surface area contributed by atoms with Gasteiger partial charge in [-0.05, 0) is 26.7 Å². The molecular weight excluding hydrogens is 270 g/mol. The van der Waals surface area contributed by atoms with Gasteiger partial charge in [0.2, 0.25) is 10.0 Å². The average molecular weight is 291 g/mol. The number of hydrogen-bond donors (Lipinski definition) is 0. The summed E-state index contributed by atoms with van der Waals surface area (Å²) in [6.07, 6.45) is 1.70. The van der Waals surface area contributed by atoms with Crippen LogP contribution in [0.25, 0.3) is 0 Å². The first-order valence-electron chi connectivity index (χ1n) is 6.40. The van der Waals surface area contributed by atoms with Crippen LogP contribution >= 0.6 is 0 Å². The first-order chi connectivity index (χ1) is 8.73. The Morgan fingerprint density at radius 1 is 1.37 bits per heavy atom. The number of carbonyl (C=O) groups is 1. The molecule has 0 aromatic carbocycles. The van der Waals surface area contributed by atoms with E-state index in [1.54, 1.807) is 0 Å². The summed E-state index contributed by atoms with van der Waals surface area (Å²) in [6, 6.07) is 0. The molecular formula is C12H21NO5S. The van der Waals surface area contributed by atoms with Crippen molar-refractivity contribution < 1.29 is 22.7 Å². The molecule has 0 N–H and O–H groups in total. The van der Waals surface area contributed by atoms with Crippen LogP contribution in [0.2, 0.25) is 0 Å². The zero-order chi connectivity index (χ0) is 14.3. The number of nitrogens with zero attached hydrogens (tertiary/aromatic N) is 1. The second kappa shape index (κ2) is 4.71. The highest BCUT2D eigenvalue weighted by molar-refractivity contribution is 7.89. The molecule has 7 heteroatoms. The van der Waals surface area contributed by atoms with Crippen molar-refractivity contribution in [1.82, 2.24) is 4.31 Å². The van der Waals surface area contributed by atoms with E-state index in [-0.39, 0.29) is 24.5 Å². The second-order valence-electron chi connectivity index (χ2n) is 6.01. The number of rotatable bonds is 4. The summed E-state index contributed by atoms with van der Waals surface area (Å²) < 4.78 is 36.4. The highest BCUT2D eigenvalue weighted by atomic mass is 32.2. The first-order valence-corrected chi connectivity index (χ1v) is 8.01. The minimum absolute atomic E-state index is 0.118. The van der Waals surface area contributed by atoms with E-state index in [2.05, 4.69) is 0 Å². The zero-order valence-corrected chi connectivity index (χ0v) is 12.5. The summed E-state index contributed by atoms with van der Waals surface area (Å²) in [5.41, 5.74) is -1.40. The van der Waals surface area contributed by atoms with Crippen molar-refractivity contribution >= 4 is 16.0 Å². The number of methoxy groups -OCH3 is 1. The van der Waals surface area contributed by atoms with Crippen molar-refractivity contribution in [3.8, 4) is 0 Å². The zero-order valence-electron chi connectivity index (χ0n) is 11.6. The van der Waals surface area contributed by atoms with Crippen molar-refractivity contribution in [3.63, 3.8) is 0 Å². The summed E-state index contributed by atoms with van der Waals surface area (Å²) in [4.78, 5) is 11.8. The van der Waals surface area contributed by atoms with Gasteiger partial charge in [-0.3, -0.25) is 4.79 Å². The van der Waals surface area contributed by atoms with E-state index in [4.69, 9.17) is 9.47 Å². The molecule has 0 aromatic heterocycles. The minimum atomic E-state index is -3.49. The van der Waals surface area contributed by atoms with Crippen molar-refractivity contribution in [1.29, 1.82) is 0 Å². The molecule has 0 spiro atoms. The molecule has 2 saturated heterocycles. The molecule has 0 saturated carbocycles. The molecule has 0 atom stereocenters. The van der Waals surface area contributed by atoms with E-state index in [1.165, 1.54) is 11.4 Å². The predicted octanol–water partition coefficient (Wildman–Crippen LogP) is 0.380. The Kier molecular flexibility index (Phi) is 3.66. The fourth-order valence-corrected chi connectivity index (χ4v) is 5.24. The molecule has 2 rings (SSSR count). The van der Waals surface area contributed by atoms with Crippen LogP contribution in [0.1, 0.15) is 26.7 Å². The quantitative estimate of drug-likeness (QED) is 0.700. The topological polar surface area (TPSA) is 72.9 Å². The van der Waals surface area contributed by atoms with Crippen molar-refractivity contribution in [2.45, 2.75) is 32.2 Å². The highest BCUT2D eigenvalue weighted by Crippen LogP contribution is 2.36. The smallest absolute Gasteiger partial charge is 0.317 e. The van der Waals surface area contributed by atoms with Gasteiger partial charge in [-0.25, -0.2) is 8.42 Å². The predicted molar refractivity (Wildman–Crippen MR) is 69.1 cm³/mol.